The topological polar surface area (TPSA) is 801 Å². The van der Waals surface area contributed by atoms with Crippen molar-refractivity contribution in [3.05, 3.63) is 0 Å². The van der Waals surface area contributed by atoms with E-state index in [9.17, 15) is 116 Å². The highest BCUT2D eigenvalue weighted by Crippen LogP contribution is 2.35. The molecular formula is C63H113N22O25PS. The quantitative estimate of drug-likeness (QED) is 0.00884. The third kappa shape index (κ3) is 41.8. The highest BCUT2D eigenvalue weighted by molar-refractivity contribution is 7.80. The largest absolute Gasteiger partial charge is 0.481 e. The number of phosphoric acid groups is 1. The molecule has 0 aromatic heterocycles. The van der Waals surface area contributed by atoms with Crippen LogP contribution in [0.3, 0.4) is 0 Å². The summed E-state index contributed by atoms with van der Waals surface area (Å²) >= 11 is 4.00. The number of aliphatic imine (C=N–C) groups is 2. The van der Waals surface area contributed by atoms with E-state index in [0.29, 0.717) is 0 Å². The van der Waals surface area contributed by atoms with E-state index in [4.69, 9.17) is 40.1 Å². The predicted molar refractivity (Wildman–Crippen MR) is 400 cm³/mol. The van der Waals surface area contributed by atoms with E-state index >= 15 is 0 Å². The number of primary amides is 2. The summed E-state index contributed by atoms with van der Waals surface area (Å²) in [4.78, 5) is 254. The lowest BCUT2D eigenvalue weighted by Gasteiger charge is -2.29. The smallest absolute Gasteiger partial charge is 0.469 e. The lowest BCUT2D eigenvalue weighted by Crippen LogP contribution is -2.61. The minimum Gasteiger partial charge on any atom is -0.481 e. The van der Waals surface area contributed by atoms with E-state index in [0.717, 1.165) is 0 Å². The molecule has 14 atom stereocenters. The molecule has 636 valence electrons. The van der Waals surface area contributed by atoms with Crippen molar-refractivity contribution >= 4 is 133 Å². The first kappa shape index (κ1) is 102. The first-order chi connectivity index (χ1) is 52.1. The van der Waals surface area contributed by atoms with Crippen LogP contribution in [0.4, 0.5) is 0 Å². The van der Waals surface area contributed by atoms with Gasteiger partial charge in [0, 0.05) is 31.7 Å². The molecule has 0 fully saturated rings. The minimum atomic E-state index is -5.52. The van der Waals surface area contributed by atoms with E-state index in [1.54, 1.807) is 34.6 Å². The molecule has 0 bridgehead atoms. The number of rotatable bonds is 56. The highest BCUT2D eigenvalue weighted by atomic mass is 32.1. The van der Waals surface area contributed by atoms with E-state index in [1.807, 2.05) is 5.32 Å². The molecule has 47 nitrogen and oxygen atoms in total. The molecule has 0 aliphatic carbocycles. The Balaban J connectivity index is 6.85. The van der Waals surface area contributed by atoms with Gasteiger partial charge in [-0.05, 0) is 75.0 Å². The van der Waals surface area contributed by atoms with Crippen molar-refractivity contribution in [2.45, 2.75) is 211 Å². The molecule has 0 aliphatic heterocycles. The molecule has 0 aliphatic rings. The number of amides is 15. The van der Waals surface area contributed by atoms with Gasteiger partial charge < -0.3 is 139 Å². The van der Waals surface area contributed by atoms with Gasteiger partial charge in [0.1, 0.15) is 72.5 Å². The number of guanidine groups is 2. The molecule has 0 aromatic carbocycles. The summed E-state index contributed by atoms with van der Waals surface area (Å²) in [5.41, 5.74) is 38.2. The third-order valence-corrected chi connectivity index (χ3v) is 17.0. The van der Waals surface area contributed by atoms with Gasteiger partial charge in [0.05, 0.1) is 38.8 Å². The number of nitrogens with one attached hydrogen (secondary N) is 13. The zero-order valence-electron chi connectivity index (χ0n) is 63.5. The van der Waals surface area contributed by atoms with E-state index in [2.05, 4.69) is 90.9 Å². The molecule has 0 unspecified atom stereocenters. The van der Waals surface area contributed by atoms with Crippen LogP contribution in [0.5, 0.6) is 0 Å². The van der Waals surface area contributed by atoms with Gasteiger partial charge in [-0.25, -0.2) is 9.36 Å². The summed E-state index contributed by atoms with van der Waals surface area (Å²) in [5.74, 6) is -23.2. The van der Waals surface area contributed by atoms with Crippen molar-refractivity contribution in [3.8, 4) is 0 Å². The van der Waals surface area contributed by atoms with Crippen LogP contribution in [-0.4, -0.2) is 266 Å². The SMILES string of the molecule is CC[C@H](C)[C@H](NC(=O)[C@H](CCC(=O)O)NC(=O)[C@H](CO)NC(=O)[C@@H](NC(=O)CNC(=O)[C@H](CO)NC(=O)[C@H](COP(=O)(O)O)NC(=O)[C@H](CC(C)C)NC(=O)[C@H](CCC(N)=O)NC(=O)[C@H](CCCN=C(N)N)NC(=O)[C@H](CC(N)=O)NC(=O)[C@H](CC(C)C)NC(=O)[C@@H](N)CS)C(C)C)C(=O)N[C@@H](CCCN=C(N)N)C(=O)O. The number of thiol groups is 1. The number of aliphatic hydroxyl groups excluding tert-OH is 2. The number of aliphatic carboxylic acids is 2. The van der Waals surface area contributed by atoms with Crippen LogP contribution in [0, 0.1) is 23.7 Å². The molecule has 0 heterocycles. The molecule has 0 rings (SSSR count). The Kier molecular flexibility index (Phi) is 47.5. The number of hydrogen-bond donors (Lipinski definition) is 27. The fourth-order valence-electron chi connectivity index (χ4n) is 9.98. The number of carbonyl (C=O) groups is 17. The minimum absolute atomic E-state index is 0.00757. The summed E-state index contributed by atoms with van der Waals surface area (Å²) in [6.07, 6.45) is -3.97. The van der Waals surface area contributed by atoms with Crippen LogP contribution in [0.1, 0.15) is 132 Å². The molecule has 0 saturated heterocycles. The van der Waals surface area contributed by atoms with Gasteiger partial charge in [0.2, 0.25) is 88.6 Å². The van der Waals surface area contributed by atoms with Crippen LogP contribution in [-0.2, 0) is 90.6 Å². The fraction of sp³-hybridized carbons (Fsp3) is 0.698. The molecule has 0 aromatic rings. The number of hydrogen-bond acceptors (Lipinski definition) is 25. The zero-order chi connectivity index (χ0) is 86.0. The Morgan fingerprint density at radius 3 is 1.25 bits per heavy atom. The standard InChI is InChI=1S/C63H113N22O25PS/c1-9-31(8)48(60(104)77-36(61(105)106)13-11-19-72-63(69)70)85-53(97)35(15-17-46(91)92)76-57(101)41(25-87)82-59(103)47(30(6)7)84-45(90)23-73-50(94)40(24-86)81-58(102)42(26-110-111(107,108)109)83-55(99)38(21-29(4)5)79-52(96)34(14-16-43(65)88)75-51(95)33(12-10-18-71-62(67)68)74-56(100)39(22-44(66)89)80-54(98)37(20-28(2)3)78-49(93)32(64)27-112/h28-42,47-48,86-87,112H,9-27,64H2,1-8H3,(H2,65,88)(H2,66,89)(H,73,94)(H,74,100)(H,75,95)(H,76,101)(H,77,104)(H,78,93)(H,79,96)(H,80,98)(H,81,102)(H,82,103)(H,83,99)(H,84,90)(H,85,97)(H,91,92)(H,105,106)(H4,67,68,71)(H4,69,70,72)(H2,107,108,109)/t31-,32-,33-,34-,35-,36-,37-,38-,39-,40-,41-,42-,47-,48-/m0/s1. The Bertz CT molecular complexity index is 3340. The molecular weight excluding hydrogens is 1530 g/mol. The normalized spacial score (nSPS) is 15.0. The summed E-state index contributed by atoms with van der Waals surface area (Å²) < 4.78 is 16.5. The van der Waals surface area contributed by atoms with Crippen molar-refractivity contribution in [2.24, 2.45) is 73.8 Å². The summed E-state index contributed by atoms with van der Waals surface area (Å²) in [6.45, 7) is 7.51. The number of phosphoric ester groups is 1. The van der Waals surface area contributed by atoms with E-state index < -0.39 is 263 Å². The lowest BCUT2D eigenvalue weighted by molar-refractivity contribution is -0.143. The third-order valence-electron chi connectivity index (χ3n) is 16.1. The van der Waals surface area contributed by atoms with Crippen LogP contribution in [0.2, 0.25) is 0 Å². The van der Waals surface area contributed by atoms with Gasteiger partial charge in [-0.15, -0.1) is 0 Å². The summed E-state index contributed by atoms with van der Waals surface area (Å²) in [6, 6.07) is -22.1. The van der Waals surface area contributed by atoms with Crippen molar-refractivity contribution < 1.29 is 121 Å². The van der Waals surface area contributed by atoms with Crippen LogP contribution in [0.15, 0.2) is 9.98 Å². The van der Waals surface area contributed by atoms with Crippen molar-refractivity contribution in [2.75, 3.05) is 45.2 Å². The Morgan fingerprint density at radius 2 is 0.821 bits per heavy atom. The molecule has 112 heavy (non-hydrogen) atoms. The average molecular weight is 1640 g/mol. The van der Waals surface area contributed by atoms with Crippen LogP contribution in [0.25, 0.3) is 0 Å². The summed E-state index contributed by atoms with van der Waals surface area (Å²) in [7, 11) is -5.52. The first-order valence-corrected chi connectivity index (χ1v) is 37.6. The van der Waals surface area contributed by atoms with Gasteiger partial charge in [-0.3, -0.25) is 91.2 Å². The van der Waals surface area contributed by atoms with Crippen molar-refractivity contribution in [1.82, 2.24) is 69.1 Å². The van der Waals surface area contributed by atoms with E-state index in [-0.39, 0.29) is 81.6 Å². The first-order valence-electron chi connectivity index (χ1n) is 35.4. The number of aliphatic hydroxyl groups is 2. The molecule has 15 amide bonds. The second kappa shape index (κ2) is 52.2. The Labute approximate surface area is 650 Å². The fourth-order valence-corrected chi connectivity index (χ4v) is 10.5. The number of carboxylic acids is 2. The highest BCUT2D eigenvalue weighted by Gasteiger charge is 2.39. The van der Waals surface area contributed by atoms with Gasteiger partial charge in [0.25, 0.3) is 0 Å². The van der Waals surface area contributed by atoms with E-state index in [1.165, 1.54) is 20.8 Å². The van der Waals surface area contributed by atoms with Gasteiger partial charge in [-0.2, -0.15) is 12.6 Å². The number of nitrogens with zero attached hydrogens (tertiary/aromatic N) is 2. The molecule has 0 saturated carbocycles. The summed E-state index contributed by atoms with van der Waals surface area (Å²) in [5, 5.41) is 69.4. The second-order valence-electron chi connectivity index (χ2n) is 27.0. The Hall–Kier alpha value is -10.1. The van der Waals surface area contributed by atoms with Gasteiger partial charge in [0.15, 0.2) is 11.9 Å². The second-order valence-corrected chi connectivity index (χ2v) is 28.6. The predicted octanol–water partition coefficient (Wildman–Crippen LogP) is -10.7. The maximum Gasteiger partial charge on any atom is 0.469 e. The maximum absolute atomic E-state index is 14.3. The molecule has 0 spiro atoms. The molecule has 49 heteroatoms. The monoisotopic (exact) mass is 1640 g/mol. The van der Waals surface area contributed by atoms with Gasteiger partial charge in [-0.1, -0.05) is 61.8 Å². The zero-order valence-corrected chi connectivity index (χ0v) is 65.3. The average Bonchev–Trinajstić information content (AvgIpc) is 0.859. The number of carboxylic acid groups (broad SMARTS) is 2. The number of carbonyl (C=O) groups excluding carboxylic acids is 15. The van der Waals surface area contributed by atoms with Crippen molar-refractivity contribution in [3.63, 3.8) is 0 Å². The molecule has 0 radical (unpaired) electrons. The van der Waals surface area contributed by atoms with Crippen LogP contribution < -0.4 is 109 Å². The maximum atomic E-state index is 14.3. The van der Waals surface area contributed by atoms with Crippen molar-refractivity contribution in [1.29, 1.82) is 0 Å². The Morgan fingerprint density at radius 1 is 0.446 bits per heavy atom. The lowest BCUT2D eigenvalue weighted by atomic mass is 9.96. The van der Waals surface area contributed by atoms with Crippen LogP contribution >= 0.6 is 20.5 Å². The number of nitrogens with two attached hydrogens (primary N) is 7. The van der Waals surface area contributed by atoms with Gasteiger partial charge >= 0.3 is 19.8 Å². The molecule has 33 N–H and O–H groups in total.